The van der Waals surface area contributed by atoms with Gasteiger partial charge >= 0.3 is 0 Å². The first-order valence-electron chi connectivity index (χ1n) is 32.2. The Hall–Kier alpha value is -8.91. The highest BCUT2D eigenvalue weighted by Crippen LogP contribution is 2.24. The Kier molecular flexibility index (Phi) is 33.9. The monoisotopic (exact) mass is 1350 g/mol. The van der Waals surface area contributed by atoms with Crippen molar-refractivity contribution >= 4 is 94.5 Å². The van der Waals surface area contributed by atoms with Gasteiger partial charge in [0.05, 0.1) is 12.6 Å². The number of primary amides is 3. The number of nitrogens with two attached hydrogens (primary N) is 7. The number of likely N-dealkylation sites (tertiary alicyclic amines) is 2. The molecule has 2 aliphatic heterocycles. The average Bonchev–Trinajstić information content (AvgIpc) is 1.74. The number of hydrogen-bond donors (Lipinski definition) is 15. The number of guanidine groups is 1. The molecule has 2 saturated heterocycles. The number of nitrogens with one attached hydrogen (secondary N) is 8. The van der Waals surface area contributed by atoms with Crippen LogP contribution in [0, 0.1) is 5.92 Å². The molecular weight excluding hydrogens is 1250 g/mol. The Morgan fingerprint density at radius 2 is 1.01 bits per heavy atom. The summed E-state index contributed by atoms with van der Waals surface area (Å²) in [5.74, 6) is -9.80. The van der Waals surface area contributed by atoms with Gasteiger partial charge in [-0.25, -0.2) is 0 Å². The van der Waals surface area contributed by atoms with Crippen molar-refractivity contribution in [3.05, 3.63) is 71.8 Å². The van der Waals surface area contributed by atoms with Crippen molar-refractivity contribution in [3.63, 3.8) is 0 Å². The van der Waals surface area contributed by atoms with E-state index < -0.39 is 169 Å². The van der Waals surface area contributed by atoms with Gasteiger partial charge in [-0.05, 0) is 119 Å². The number of nitrogens with zero attached hydrogens (tertiary/aromatic N) is 3. The van der Waals surface area contributed by atoms with E-state index in [9.17, 15) is 62.3 Å². The molecule has 524 valence electrons. The zero-order valence-electron chi connectivity index (χ0n) is 54.5. The van der Waals surface area contributed by atoms with E-state index in [2.05, 4.69) is 47.5 Å². The van der Waals surface area contributed by atoms with Crippen LogP contribution in [0.15, 0.2) is 65.7 Å². The maximum Gasteiger partial charge on any atom is 0.245 e. The first kappa shape index (κ1) is 78.5. The van der Waals surface area contributed by atoms with E-state index in [4.69, 9.17) is 40.1 Å². The SMILES string of the molecule is CSCC[C@H](NC(=O)[C@@H](CC(C)C)NC(=O)CNC(=O)[C@H](Cc1ccccc1)NC(=O)[C@@H](Cc1ccccc1)NC(=O)[C@H](CCC(N)=O)NC(=O)[C@H](CCC(N)=O)NC(=O)[C@@H]1CCCN1C(=O)[C@H](CCCCN)NC(=O)[C@@H]1CCCN1C(=O)[C@@H](N)CCCN=C(N)N)C(N)=O. The minimum Gasteiger partial charge on any atom is -0.370 e. The van der Waals surface area contributed by atoms with E-state index in [1.807, 2.05) is 20.1 Å². The summed E-state index contributed by atoms with van der Waals surface area (Å²) < 4.78 is 0. The molecule has 22 N–H and O–H groups in total. The highest BCUT2D eigenvalue weighted by atomic mass is 32.2. The Labute approximate surface area is 558 Å². The lowest BCUT2D eigenvalue weighted by Gasteiger charge is -2.32. The highest BCUT2D eigenvalue weighted by Gasteiger charge is 2.42. The topological polar surface area (TPSA) is 519 Å². The molecule has 0 aliphatic carbocycles. The number of benzene rings is 2. The molecule has 32 heteroatoms. The first-order valence-corrected chi connectivity index (χ1v) is 33.6. The normalized spacial score (nSPS) is 16.8. The van der Waals surface area contributed by atoms with E-state index >= 15 is 0 Å². The molecule has 2 aliphatic rings. The van der Waals surface area contributed by atoms with E-state index in [0.717, 1.165) is 0 Å². The molecule has 31 nitrogen and oxygen atoms in total. The second kappa shape index (κ2) is 41.0. The third-order valence-corrected chi connectivity index (χ3v) is 16.7. The summed E-state index contributed by atoms with van der Waals surface area (Å²) in [7, 11) is 0. The van der Waals surface area contributed by atoms with Gasteiger partial charge in [-0.2, -0.15) is 11.8 Å². The second-order valence-corrected chi connectivity index (χ2v) is 25.1. The molecule has 0 aromatic heterocycles. The van der Waals surface area contributed by atoms with Gasteiger partial charge in [-0.1, -0.05) is 74.5 Å². The number of rotatable bonds is 42. The molecule has 2 fully saturated rings. The van der Waals surface area contributed by atoms with Gasteiger partial charge in [0, 0.05) is 45.3 Å². The Bertz CT molecular complexity index is 2960. The van der Waals surface area contributed by atoms with Crippen LogP contribution in [0.25, 0.3) is 0 Å². The molecule has 2 aromatic rings. The minimum absolute atomic E-state index is 0.0736. The summed E-state index contributed by atoms with van der Waals surface area (Å²) in [6, 6.07) is 4.51. The van der Waals surface area contributed by atoms with Gasteiger partial charge in [-0.3, -0.25) is 67.3 Å². The third kappa shape index (κ3) is 27.5. The summed E-state index contributed by atoms with van der Waals surface area (Å²) >= 11 is 1.45. The lowest BCUT2D eigenvalue weighted by Crippen LogP contribution is -2.60. The smallest absolute Gasteiger partial charge is 0.245 e. The number of amides is 13. The Morgan fingerprint density at radius 3 is 1.51 bits per heavy atom. The van der Waals surface area contributed by atoms with Crippen molar-refractivity contribution in [2.24, 2.45) is 51.0 Å². The van der Waals surface area contributed by atoms with Crippen LogP contribution in [-0.4, -0.2) is 198 Å². The summed E-state index contributed by atoms with van der Waals surface area (Å²) in [5.41, 5.74) is 40.6. The van der Waals surface area contributed by atoms with Crippen LogP contribution in [0.2, 0.25) is 0 Å². The van der Waals surface area contributed by atoms with Crippen molar-refractivity contribution in [1.82, 2.24) is 52.3 Å². The molecule has 10 atom stereocenters. The fraction of sp³-hybridized carbons (Fsp3) is 0.587. The Balaban J connectivity index is 1.56. The molecule has 0 saturated carbocycles. The average molecular weight is 1350 g/mol. The summed E-state index contributed by atoms with van der Waals surface area (Å²) in [6.45, 7) is 3.86. The van der Waals surface area contributed by atoms with Gasteiger partial charge in [-0.15, -0.1) is 0 Å². The maximum absolute atomic E-state index is 14.7. The van der Waals surface area contributed by atoms with Gasteiger partial charge in [0.15, 0.2) is 5.96 Å². The van der Waals surface area contributed by atoms with E-state index in [1.54, 1.807) is 60.7 Å². The summed E-state index contributed by atoms with van der Waals surface area (Å²) in [4.78, 5) is 185. The van der Waals surface area contributed by atoms with Crippen molar-refractivity contribution < 1.29 is 62.3 Å². The molecule has 2 heterocycles. The zero-order valence-corrected chi connectivity index (χ0v) is 55.3. The van der Waals surface area contributed by atoms with Crippen LogP contribution in [0.3, 0.4) is 0 Å². The van der Waals surface area contributed by atoms with Crippen molar-refractivity contribution in [3.8, 4) is 0 Å². The number of carbonyl (C=O) groups is 13. The molecular formula is C63H98N18O13S. The summed E-state index contributed by atoms with van der Waals surface area (Å²) in [6.07, 6.45) is 3.12. The number of thioether (sulfide) groups is 1. The molecule has 0 unspecified atom stereocenters. The lowest BCUT2D eigenvalue weighted by atomic mass is 10.0. The Morgan fingerprint density at radius 1 is 0.537 bits per heavy atom. The maximum atomic E-state index is 14.7. The second-order valence-electron chi connectivity index (χ2n) is 24.1. The molecule has 13 amide bonds. The van der Waals surface area contributed by atoms with Gasteiger partial charge in [0.1, 0.15) is 54.4 Å². The minimum atomic E-state index is -1.64. The van der Waals surface area contributed by atoms with Crippen LogP contribution in [0.1, 0.15) is 121 Å². The van der Waals surface area contributed by atoms with Crippen LogP contribution < -0.4 is 82.7 Å². The zero-order chi connectivity index (χ0) is 70.1. The van der Waals surface area contributed by atoms with Crippen LogP contribution in [-0.2, 0) is 75.2 Å². The number of carbonyl (C=O) groups excluding carboxylic acids is 13. The van der Waals surface area contributed by atoms with Crippen LogP contribution in [0.4, 0.5) is 0 Å². The van der Waals surface area contributed by atoms with E-state index in [1.165, 1.54) is 21.6 Å². The predicted molar refractivity (Wildman–Crippen MR) is 356 cm³/mol. The van der Waals surface area contributed by atoms with Crippen LogP contribution >= 0.6 is 11.8 Å². The van der Waals surface area contributed by atoms with Crippen molar-refractivity contribution in [2.75, 3.05) is 44.7 Å². The van der Waals surface area contributed by atoms with Gasteiger partial charge in [0.25, 0.3) is 0 Å². The molecule has 2 aromatic carbocycles. The van der Waals surface area contributed by atoms with E-state index in [-0.39, 0.29) is 83.0 Å². The summed E-state index contributed by atoms with van der Waals surface area (Å²) in [5, 5.41) is 21.1. The quantitative estimate of drug-likeness (QED) is 0.0173. The lowest BCUT2D eigenvalue weighted by molar-refractivity contribution is -0.144. The highest BCUT2D eigenvalue weighted by molar-refractivity contribution is 7.98. The molecule has 0 radical (unpaired) electrons. The fourth-order valence-corrected chi connectivity index (χ4v) is 11.5. The predicted octanol–water partition coefficient (Wildman–Crippen LogP) is -3.71. The first-order chi connectivity index (χ1) is 45.2. The van der Waals surface area contributed by atoms with E-state index in [0.29, 0.717) is 55.4 Å². The van der Waals surface area contributed by atoms with Crippen molar-refractivity contribution in [1.29, 1.82) is 0 Å². The number of aliphatic imine (C=N–C) groups is 1. The third-order valence-electron chi connectivity index (χ3n) is 16.0. The fourth-order valence-electron chi connectivity index (χ4n) is 11.0. The molecule has 0 spiro atoms. The molecule has 95 heavy (non-hydrogen) atoms. The number of hydrogen-bond acceptors (Lipinski definition) is 17. The largest absolute Gasteiger partial charge is 0.370 e. The van der Waals surface area contributed by atoms with Crippen molar-refractivity contribution in [2.45, 2.75) is 183 Å². The number of unbranched alkanes of at least 4 members (excludes halogenated alkanes) is 1. The van der Waals surface area contributed by atoms with Gasteiger partial charge < -0.3 is 92.5 Å². The standard InChI is InChI=1S/C63H98N18O13S/c1-37(2)33-45(57(89)74-41(53(68)85)27-32-95-3)73-52(84)36-72-54(86)46(34-38-15-6-4-7-16-38)78-58(90)47(35-39-17-8-5-9-18-39)79-56(88)42(23-25-50(66)82)75-55(87)43(24-26-51(67)83)76-59(91)49-22-14-31-81(49)62(94)44(20-10-11-28-64)77-60(92)48-21-13-30-80(48)61(93)40(65)19-12-29-71-63(69)70/h4-9,15-18,37,40-49H,10-14,19-36,64-65H2,1-3H3,(H2,66,82)(H2,67,83)(H2,68,85)(H,72,86)(H,73,84)(H,74,89)(H,75,87)(H,76,91)(H,77,92)(H,78,90)(H,79,88)(H4,69,70,71)/t40-,41-,42-,43-,44-,45+,46-,47+,48-,49-/m0/s1. The molecule has 0 bridgehead atoms. The van der Waals surface area contributed by atoms with Crippen LogP contribution in [0.5, 0.6) is 0 Å². The van der Waals surface area contributed by atoms with Gasteiger partial charge in [0.2, 0.25) is 76.8 Å². The molecule has 4 rings (SSSR count).